The summed E-state index contributed by atoms with van der Waals surface area (Å²) in [7, 11) is 1.60. The van der Waals surface area contributed by atoms with E-state index in [9.17, 15) is 4.79 Å². The summed E-state index contributed by atoms with van der Waals surface area (Å²) in [6.45, 7) is 9.97. The molecule has 0 spiro atoms. The highest BCUT2D eigenvalue weighted by Crippen LogP contribution is 2.35. The average Bonchev–Trinajstić information content (AvgIpc) is 2.95. The van der Waals surface area contributed by atoms with Crippen LogP contribution in [0.2, 0.25) is 0 Å². The summed E-state index contributed by atoms with van der Waals surface area (Å²) in [5.74, 6) is 1.47. The van der Waals surface area contributed by atoms with Crippen molar-refractivity contribution in [1.29, 1.82) is 0 Å². The van der Waals surface area contributed by atoms with Crippen molar-refractivity contribution in [3.63, 3.8) is 0 Å². The van der Waals surface area contributed by atoms with Crippen molar-refractivity contribution in [3.8, 4) is 17.2 Å². The standard InChI is InChI=1S/C35H47NO4/c1-6-7-8-9-10-14-23-36-32-25-30(40-26-29-18-12-11-13-19-29)20-21-31(32)33(38-5)34(35(36)37)39-24-22-28(4)17-15-16-27(2)3/h11-13,16,18-22,25H,6-10,14-15,17,23-24,26H2,1-5H3/b28-22+. The smallest absolute Gasteiger partial charge is 0.297 e. The first kappa shape index (κ1) is 31.1. The van der Waals surface area contributed by atoms with E-state index in [2.05, 4.69) is 39.8 Å². The number of fused-ring (bicyclic) bond motifs is 1. The Kier molecular flexibility index (Phi) is 12.9. The average molecular weight is 546 g/mol. The Hall–Kier alpha value is -3.47. The zero-order valence-corrected chi connectivity index (χ0v) is 25.1. The van der Waals surface area contributed by atoms with Crippen molar-refractivity contribution < 1.29 is 14.2 Å². The summed E-state index contributed by atoms with van der Waals surface area (Å²) in [5, 5.41) is 0.847. The summed E-state index contributed by atoms with van der Waals surface area (Å²) in [6.07, 6.45) is 13.2. The van der Waals surface area contributed by atoms with Gasteiger partial charge in [0.15, 0.2) is 5.75 Å². The van der Waals surface area contributed by atoms with E-state index in [1.165, 1.54) is 36.8 Å². The minimum atomic E-state index is -0.159. The van der Waals surface area contributed by atoms with E-state index in [-0.39, 0.29) is 11.3 Å². The fourth-order valence-corrected chi connectivity index (χ4v) is 4.77. The molecule has 0 amide bonds. The lowest BCUT2D eigenvalue weighted by Gasteiger charge is -2.18. The second kappa shape index (κ2) is 16.6. The Bertz CT molecular complexity index is 1320. The molecule has 0 unspecified atom stereocenters. The lowest BCUT2D eigenvalue weighted by molar-refractivity contribution is 0.306. The molecule has 0 atom stereocenters. The molecule has 0 radical (unpaired) electrons. The van der Waals surface area contributed by atoms with E-state index in [1.807, 2.05) is 53.1 Å². The normalized spacial score (nSPS) is 11.5. The van der Waals surface area contributed by atoms with E-state index >= 15 is 0 Å². The monoisotopic (exact) mass is 545 g/mol. The second-order valence-corrected chi connectivity index (χ2v) is 10.7. The number of ether oxygens (including phenoxy) is 3. The van der Waals surface area contributed by atoms with E-state index in [1.54, 1.807) is 7.11 Å². The number of unbranched alkanes of at least 4 members (excludes halogenated alkanes) is 5. The molecule has 1 heterocycles. The molecule has 2 aromatic carbocycles. The zero-order chi connectivity index (χ0) is 28.7. The molecule has 0 aliphatic heterocycles. The number of methoxy groups -OCH3 is 1. The Balaban J connectivity index is 1.89. The lowest BCUT2D eigenvalue weighted by atomic mass is 10.1. The first-order chi connectivity index (χ1) is 19.4. The minimum absolute atomic E-state index is 0.159. The van der Waals surface area contributed by atoms with Gasteiger partial charge in [-0.25, -0.2) is 0 Å². The third-order valence-electron chi connectivity index (χ3n) is 7.09. The molecule has 3 aromatic rings. The maximum absolute atomic E-state index is 13.8. The summed E-state index contributed by atoms with van der Waals surface area (Å²) in [4.78, 5) is 13.8. The van der Waals surface area contributed by atoms with E-state index < -0.39 is 0 Å². The van der Waals surface area contributed by atoms with Gasteiger partial charge in [0.05, 0.1) is 12.6 Å². The van der Waals surface area contributed by atoms with Crippen molar-refractivity contribution in [3.05, 3.63) is 87.7 Å². The van der Waals surface area contributed by atoms with Crippen molar-refractivity contribution in [1.82, 2.24) is 4.57 Å². The number of benzene rings is 2. The number of hydrogen-bond acceptors (Lipinski definition) is 4. The van der Waals surface area contributed by atoms with Gasteiger partial charge in [-0.1, -0.05) is 86.6 Å². The van der Waals surface area contributed by atoms with Crippen LogP contribution in [0.25, 0.3) is 10.9 Å². The van der Waals surface area contributed by atoms with E-state index in [0.29, 0.717) is 25.5 Å². The Morgan fingerprint density at radius 1 is 0.875 bits per heavy atom. The summed E-state index contributed by atoms with van der Waals surface area (Å²) >= 11 is 0. The highest BCUT2D eigenvalue weighted by Gasteiger charge is 2.19. The molecular weight excluding hydrogens is 498 g/mol. The molecule has 0 aliphatic rings. The lowest BCUT2D eigenvalue weighted by Crippen LogP contribution is -2.24. The number of allylic oxidation sites excluding steroid dienone is 3. The predicted octanol–water partition coefficient (Wildman–Crippen LogP) is 9.02. The Morgan fingerprint density at radius 2 is 1.62 bits per heavy atom. The molecule has 5 heteroatoms. The van der Waals surface area contributed by atoms with Crippen molar-refractivity contribution in [2.75, 3.05) is 13.7 Å². The van der Waals surface area contributed by atoms with Crippen LogP contribution in [-0.4, -0.2) is 18.3 Å². The Labute approximate surface area is 240 Å². The second-order valence-electron chi connectivity index (χ2n) is 10.7. The van der Waals surface area contributed by atoms with E-state index in [0.717, 1.165) is 47.9 Å². The Morgan fingerprint density at radius 3 is 2.35 bits per heavy atom. The van der Waals surface area contributed by atoms with Crippen LogP contribution >= 0.6 is 0 Å². The molecule has 3 rings (SSSR count). The fourth-order valence-electron chi connectivity index (χ4n) is 4.77. The highest BCUT2D eigenvalue weighted by molar-refractivity contribution is 5.89. The maximum atomic E-state index is 13.8. The van der Waals surface area contributed by atoms with Crippen LogP contribution in [0.3, 0.4) is 0 Å². The van der Waals surface area contributed by atoms with Gasteiger partial charge in [-0.2, -0.15) is 0 Å². The first-order valence-electron chi connectivity index (χ1n) is 14.8. The van der Waals surface area contributed by atoms with Gasteiger partial charge >= 0.3 is 0 Å². The number of rotatable bonds is 17. The molecule has 216 valence electrons. The molecule has 1 aromatic heterocycles. The molecule has 0 saturated carbocycles. The van der Waals surface area contributed by atoms with Gasteiger partial charge in [0, 0.05) is 18.0 Å². The molecule has 0 N–H and O–H groups in total. The molecule has 40 heavy (non-hydrogen) atoms. The predicted molar refractivity (Wildman–Crippen MR) is 167 cm³/mol. The van der Waals surface area contributed by atoms with Crippen LogP contribution in [0.1, 0.15) is 84.6 Å². The number of aromatic nitrogens is 1. The zero-order valence-electron chi connectivity index (χ0n) is 25.1. The summed E-state index contributed by atoms with van der Waals surface area (Å²) < 4.78 is 19.8. The summed E-state index contributed by atoms with van der Waals surface area (Å²) in [6, 6.07) is 15.9. The van der Waals surface area contributed by atoms with Crippen molar-refractivity contribution in [2.24, 2.45) is 0 Å². The van der Waals surface area contributed by atoms with Crippen LogP contribution in [0, 0.1) is 0 Å². The van der Waals surface area contributed by atoms with Gasteiger partial charge in [0.2, 0.25) is 5.75 Å². The third-order valence-corrected chi connectivity index (χ3v) is 7.09. The molecule has 5 nitrogen and oxygen atoms in total. The number of pyridine rings is 1. The van der Waals surface area contributed by atoms with Crippen LogP contribution in [0.15, 0.2) is 76.6 Å². The van der Waals surface area contributed by atoms with Crippen LogP contribution in [0.5, 0.6) is 17.2 Å². The molecule has 0 aliphatic carbocycles. The van der Waals surface area contributed by atoms with Crippen molar-refractivity contribution in [2.45, 2.75) is 92.2 Å². The first-order valence-corrected chi connectivity index (χ1v) is 14.8. The van der Waals surface area contributed by atoms with Gasteiger partial charge in [-0.3, -0.25) is 4.79 Å². The largest absolute Gasteiger partial charge is 0.492 e. The fraction of sp³-hybridized carbons (Fsp3) is 0.457. The quantitative estimate of drug-likeness (QED) is 0.125. The van der Waals surface area contributed by atoms with Crippen LogP contribution in [0.4, 0.5) is 0 Å². The SMILES string of the molecule is CCCCCCCCn1c(=O)c(OC/C=C(\C)CCC=C(C)C)c(OC)c2ccc(OCc3ccccc3)cc21. The minimum Gasteiger partial charge on any atom is -0.492 e. The molecule has 0 bridgehead atoms. The number of hydrogen-bond donors (Lipinski definition) is 0. The maximum Gasteiger partial charge on any atom is 0.297 e. The van der Waals surface area contributed by atoms with Gasteiger partial charge in [0.1, 0.15) is 19.0 Å². The van der Waals surface area contributed by atoms with Crippen molar-refractivity contribution >= 4 is 10.9 Å². The van der Waals surface area contributed by atoms with E-state index in [4.69, 9.17) is 14.2 Å². The van der Waals surface area contributed by atoms with Gasteiger partial charge in [-0.15, -0.1) is 0 Å². The topological polar surface area (TPSA) is 49.7 Å². The van der Waals surface area contributed by atoms with Crippen LogP contribution in [-0.2, 0) is 13.2 Å². The third kappa shape index (κ3) is 9.32. The van der Waals surface area contributed by atoms with Gasteiger partial charge < -0.3 is 18.8 Å². The van der Waals surface area contributed by atoms with Gasteiger partial charge in [-0.05, 0) is 63.8 Å². The van der Waals surface area contributed by atoms with Gasteiger partial charge in [0.25, 0.3) is 5.56 Å². The van der Waals surface area contributed by atoms with Crippen LogP contribution < -0.4 is 19.8 Å². The number of aryl methyl sites for hydroxylation is 1. The molecular formula is C35H47NO4. The number of nitrogens with zero attached hydrogens (tertiary/aromatic N) is 1. The molecule has 0 fully saturated rings. The highest BCUT2D eigenvalue weighted by atomic mass is 16.5. The molecule has 0 saturated heterocycles. The summed E-state index contributed by atoms with van der Waals surface area (Å²) in [5.41, 5.74) is 4.31.